The van der Waals surface area contributed by atoms with Gasteiger partial charge in [-0.05, 0) is 43.3 Å². The molecule has 0 saturated carbocycles. The molecule has 4 rings (SSSR count). The van der Waals surface area contributed by atoms with Gasteiger partial charge in [-0.15, -0.1) is 0 Å². The molecule has 2 aromatic carbocycles. The van der Waals surface area contributed by atoms with Gasteiger partial charge in [0.1, 0.15) is 5.69 Å². The lowest BCUT2D eigenvalue weighted by atomic mass is 10.1. The van der Waals surface area contributed by atoms with Gasteiger partial charge in [-0.1, -0.05) is 48.9 Å². The highest BCUT2D eigenvalue weighted by molar-refractivity contribution is 6.30. The molecule has 7 heteroatoms. The summed E-state index contributed by atoms with van der Waals surface area (Å²) in [6.45, 7) is 8.23. The number of amides is 1. The van der Waals surface area contributed by atoms with E-state index >= 15 is 0 Å². The minimum Gasteiger partial charge on any atom is -0.352 e. The molecule has 1 atom stereocenters. The average molecular weight is 478 g/mol. The molecule has 1 aromatic heterocycles. The number of nitrogens with zero attached hydrogens (tertiary/aromatic N) is 4. The fraction of sp³-hybridized carbons (Fsp3) is 0.333. The summed E-state index contributed by atoms with van der Waals surface area (Å²) < 4.78 is 1.83. The molecule has 1 fully saturated rings. The van der Waals surface area contributed by atoms with Gasteiger partial charge in [0.25, 0.3) is 0 Å². The molecule has 0 aliphatic carbocycles. The summed E-state index contributed by atoms with van der Waals surface area (Å²) in [6, 6.07) is 17.5. The molecule has 6 nitrogen and oxygen atoms in total. The number of benzene rings is 2. The van der Waals surface area contributed by atoms with Crippen LogP contribution < -0.4 is 5.32 Å². The number of piperazine rings is 1. The Morgan fingerprint density at radius 1 is 1.12 bits per heavy atom. The second-order valence-corrected chi connectivity index (χ2v) is 9.45. The Morgan fingerprint density at radius 3 is 2.62 bits per heavy atom. The first kappa shape index (κ1) is 24.2. The van der Waals surface area contributed by atoms with Crippen molar-refractivity contribution >= 4 is 23.6 Å². The highest BCUT2D eigenvalue weighted by atomic mass is 35.5. The SMILES string of the molecule is CC(CNC(=O)/C=C/c1cn(-c2ccccc2)nc1-c1cccc(Cl)c1)CN1CCN(C)CC1. The monoisotopic (exact) mass is 477 g/mol. The molecule has 1 aliphatic heterocycles. The van der Waals surface area contributed by atoms with Crippen molar-refractivity contribution in [3.05, 3.63) is 77.5 Å². The van der Waals surface area contributed by atoms with E-state index in [-0.39, 0.29) is 5.91 Å². The van der Waals surface area contributed by atoms with Crippen LogP contribution in [0.3, 0.4) is 0 Å². The van der Waals surface area contributed by atoms with Gasteiger partial charge in [0, 0.05) is 67.7 Å². The van der Waals surface area contributed by atoms with Crippen molar-refractivity contribution in [1.29, 1.82) is 0 Å². The van der Waals surface area contributed by atoms with Gasteiger partial charge in [0.2, 0.25) is 5.91 Å². The molecule has 0 radical (unpaired) electrons. The third kappa shape index (κ3) is 6.56. The number of aromatic nitrogens is 2. The summed E-state index contributed by atoms with van der Waals surface area (Å²) in [5.41, 5.74) is 3.49. The number of carbonyl (C=O) groups is 1. The van der Waals surface area contributed by atoms with Crippen molar-refractivity contribution in [1.82, 2.24) is 24.9 Å². The minimum atomic E-state index is -0.102. The van der Waals surface area contributed by atoms with Crippen LogP contribution in [-0.4, -0.2) is 71.8 Å². The van der Waals surface area contributed by atoms with Crippen LogP contribution in [0.15, 0.2) is 66.9 Å². The number of likely N-dealkylation sites (N-methyl/N-ethyl adjacent to an activating group) is 1. The van der Waals surface area contributed by atoms with E-state index in [2.05, 4.69) is 29.1 Å². The summed E-state index contributed by atoms with van der Waals surface area (Å²) in [5.74, 6) is 0.290. The summed E-state index contributed by atoms with van der Waals surface area (Å²) in [4.78, 5) is 17.4. The van der Waals surface area contributed by atoms with Crippen LogP contribution in [0.4, 0.5) is 0 Å². The fourth-order valence-electron chi connectivity index (χ4n) is 4.12. The van der Waals surface area contributed by atoms with Gasteiger partial charge >= 0.3 is 0 Å². The van der Waals surface area contributed by atoms with Crippen LogP contribution in [-0.2, 0) is 4.79 Å². The summed E-state index contributed by atoms with van der Waals surface area (Å²) >= 11 is 6.22. The third-order valence-electron chi connectivity index (χ3n) is 6.07. The summed E-state index contributed by atoms with van der Waals surface area (Å²) in [6.07, 6.45) is 5.34. The van der Waals surface area contributed by atoms with E-state index in [4.69, 9.17) is 16.7 Å². The van der Waals surface area contributed by atoms with Gasteiger partial charge in [0.15, 0.2) is 0 Å². The number of para-hydroxylation sites is 1. The molecule has 0 spiro atoms. The summed E-state index contributed by atoms with van der Waals surface area (Å²) in [5, 5.41) is 8.47. The predicted molar refractivity (Wildman–Crippen MR) is 139 cm³/mol. The number of hydrogen-bond donors (Lipinski definition) is 1. The molecule has 1 unspecified atom stereocenters. The molecule has 1 saturated heterocycles. The molecule has 1 amide bonds. The lowest BCUT2D eigenvalue weighted by Crippen LogP contribution is -2.46. The number of halogens is 1. The molecule has 3 aromatic rings. The largest absolute Gasteiger partial charge is 0.352 e. The van der Waals surface area contributed by atoms with Crippen LogP contribution in [0.2, 0.25) is 5.02 Å². The number of nitrogens with one attached hydrogen (secondary N) is 1. The number of carbonyl (C=O) groups excluding carboxylic acids is 1. The van der Waals surface area contributed by atoms with Gasteiger partial charge in [-0.25, -0.2) is 4.68 Å². The van der Waals surface area contributed by atoms with Crippen LogP contribution in [0.5, 0.6) is 0 Å². The Labute approximate surface area is 206 Å². The first-order valence-corrected chi connectivity index (χ1v) is 12.1. The van der Waals surface area contributed by atoms with Crippen molar-refractivity contribution in [3.8, 4) is 16.9 Å². The highest BCUT2D eigenvalue weighted by Crippen LogP contribution is 2.27. The second kappa shape index (κ2) is 11.5. The predicted octanol–water partition coefficient (Wildman–Crippen LogP) is 4.21. The first-order chi connectivity index (χ1) is 16.5. The van der Waals surface area contributed by atoms with E-state index in [1.54, 1.807) is 6.08 Å². The average Bonchev–Trinajstić information content (AvgIpc) is 3.28. The fourth-order valence-corrected chi connectivity index (χ4v) is 4.31. The zero-order valence-electron chi connectivity index (χ0n) is 19.8. The van der Waals surface area contributed by atoms with E-state index in [1.807, 2.05) is 71.6 Å². The molecule has 1 N–H and O–H groups in total. The molecule has 178 valence electrons. The van der Waals surface area contributed by atoms with Gasteiger partial charge in [-0.2, -0.15) is 5.10 Å². The maximum absolute atomic E-state index is 12.6. The Morgan fingerprint density at radius 2 is 1.88 bits per heavy atom. The van der Waals surface area contributed by atoms with E-state index in [1.165, 1.54) is 0 Å². The Balaban J connectivity index is 1.43. The first-order valence-electron chi connectivity index (χ1n) is 11.8. The van der Waals surface area contributed by atoms with Crippen molar-refractivity contribution in [2.45, 2.75) is 6.92 Å². The normalized spacial score (nSPS) is 16.1. The standard InChI is InChI=1S/C27H32ClN5O/c1-21(19-32-15-13-31(2)14-16-32)18-29-26(34)12-11-23-20-33(25-9-4-3-5-10-25)30-27(23)22-7-6-8-24(28)17-22/h3-12,17,20-21H,13-16,18-19H2,1-2H3,(H,29,34)/b12-11+. The highest BCUT2D eigenvalue weighted by Gasteiger charge is 2.16. The Kier molecular flexibility index (Phi) is 8.16. The molecule has 34 heavy (non-hydrogen) atoms. The van der Waals surface area contributed by atoms with Crippen molar-refractivity contribution in [3.63, 3.8) is 0 Å². The Hall–Kier alpha value is -2.93. The van der Waals surface area contributed by atoms with Gasteiger partial charge in [-0.3, -0.25) is 4.79 Å². The zero-order chi connectivity index (χ0) is 23.9. The van der Waals surface area contributed by atoms with Crippen LogP contribution in [0.1, 0.15) is 12.5 Å². The topological polar surface area (TPSA) is 53.4 Å². The molecule has 1 aliphatic rings. The molecule has 0 bridgehead atoms. The zero-order valence-corrected chi connectivity index (χ0v) is 20.6. The van der Waals surface area contributed by atoms with E-state index in [0.29, 0.717) is 17.5 Å². The van der Waals surface area contributed by atoms with E-state index < -0.39 is 0 Å². The lowest BCUT2D eigenvalue weighted by molar-refractivity contribution is -0.116. The number of hydrogen-bond acceptors (Lipinski definition) is 4. The maximum atomic E-state index is 12.6. The second-order valence-electron chi connectivity index (χ2n) is 9.01. The van der Waals surface area contributed by atoms with Crippen LogP contribution >= 0.6 is 11.6 Å². The van der Waals surface area contributed by atoms with Crippen LogP contribution in [0.25, 0.3) is 23.0 Å². The number of rotatable bonds is 8. The Bertz CT molecular complexity index is 1120. The quantitative estimate of drug-likeness (QED) is 0.494. The molecule has 2 heterocycles. The van der Waals surface area contributed by atoms with E-state index in [9.17, 15) is 4.79 Å². The molecular formula is C27H32ClN5O. The third-order valence-corrected chi connectivity index (χ3v) is 6.30. The minimum absolute atomic E-state index is 0.102. The van der Waals surface area contributed by atoms with Crippen molar-refractivity contribution in [2.75, 3.05) is 46.3 Å². The summed E-state index contributed by atoms with van der Waals surface area (Å²) in [7, 11) is 2.16. The van der Waals surface area contributed by atoms with E-state index in [0.717, 1.165) is 55.2 Å². The van der Waals surface area contributed by atoms with Crippen molar-refractivity contribution < 1.29 is 4.79 Å². The van der Waals surface area contributed by atoms with Crippen LogP contribution in [0, 0.1) is 5.92 Å². The van der Waals surface area contributed by atoms with Gasteiger partial charge < -0.3 is 15.1 Å². The molecular weight excluding hydrogens is 446 g/mol. The van der Waals surface area contributed by atoms with Crippen molar-refractivity contribution in [2.24, 2.45) is 5.92 Å². The maximum Gasteiger partial charge on any atom is 0.244 e. The van der Waals surface area contributed by atoms with Gasteiger partial charge in [0.05, 0.1) is 5.69 Å². The smallest absolute Gasteiger partial charge is 0.244 e. The lowest BCUT2D eigenvalue weighted by Gasteiger charge is -2.33.